The topological polar surface area (TPSA) is 75.3 Å². The summed E-state index contributed by atoms with van der Waals surface area (Å²) in [6.07, 6.45) is 1.59. The zero-order valence-corrected chi connectivity index (χ0v) is 16.6. The molecule has 1 amide bonds. The van der Waals surface area contributed by atoms with E-state index in [0.717, 1.165) is 24.0 Å². The number of hydrogen-bond acceptors (Lipinski definition) is 3. The quantitative estimate of drug-likeness (QED) is 0.768. The Morgan fingerprint density at radius 2 is 1.73 bits per heavy atom. The smallest absolute Gasteiger partial charge is 0.257 e. The molecule has 0 unspecified atom stereocenters. The Kier molecular flexibility index (Phi) is 5.30. The van der Waals surface area contributed by atoms with E-state index in [0.29, 0.717) is 5.69 Å². The van der Waals surface area contributed by atoms with Crippen molar-refractivity contribution in [1.29, 1.82) is 0 Å². The highest BCUT2D eigenvalue weighted by atomic mass is 35.5. The summed E-state index contributed by atoms with van der Waals surface area (Å²) < 4.78 is 27.5. The van der Waals surface area contributed by atoms with Crippen molar-refractivity contribution in [3.63, 3.8) is 0 Å². The van der Waals surface area contributed by atoms with Gasteiger partial charge in [-0.25, -0.2) is 13.1 Å². The minimum absolute atomic E-state index is 0.0223. The van der Waals surface area contributed by atoms with Gasteiger partial charge in [0.15, 0.2) is 0 Å². The van der Waals surface area contributed by atoms with Crippen LogP contribution in [-0.4, -0.2) is 20.4 Å². The Hall–Kier alpha value is -1.60. The number of carbonyl (C=O) groups excluding carboxylic acids is 1. The molecule has 138 valence electrons. The van der Waals surface area contributed by atoms with Crippen LogP contribution in [0.4, 0.5) is 5.69 Å². The lowest BCUT2D eigenvalue weighted by Gasteiger charge is -2.12. The third kappa shape index (κ3) is 4.20. The second-order valence-corrected chi connectivity index (χ2v) is 8.91. The molecule has 1 aliphatic carbocycles. The summed E-state index contributed by atoms with van der Waals surface area (Å²) in [5.74, 6) is -0.502. The fraction of sp³-hybridized carbons (Fsp3) is 0.278. The molecule has 3 rings (SSSR count). The van der Waals surface area contributed by atoms with Crippen molar-refractivity contribution < 1.29 is 13.2 Å². The van der Waals surface area contributed by atoms with Crippen LogP contribution in [0.5, 0.6) is 0 Å². The van der Waals surface area contributed by atoms with Crippen molar-refractivity contribution >= 4 is 44.8 Å². The number of rotatable bonds is 5. The highest BCUT2D eigenvalue weighted by molar-refractivity contribution is 7.89. The van der Waals surface area contributed by atoms with Crippen molar-refractivity contribution in [1.82, 2.24) is 4.72 Å². The summed E-state index contributed by atoms with van der Waals surface area (Å²) in [7, 11) is -3.81. The molecule has 8 heteroatoms. The maximum Gasteiger partial charge on any atom is 0.257 e. The van der Waals surface area contributed by atoms with Gasteiger partial charge in [0, 0.05) is 11.7 Å². The third-order valence-corrected chi connectivity index (χ3v) is 6.52. The Morgan fingerprint density at radius 3 is 2.35 bits per heavy atom. The molecule has 0 aliphatic heterocycles. The number of amides is 1. The third-order valence-electron chi connectivity index (χ3n) is 4.22. The zero-order chi connectivity index (χ0) is 19.1. The van der Waals surface area contributed by atoms with Crippen molar-refractivity contribution in [2.45, 2.75) is 37.6 Å². The molecule has 0 spiro atoms. The first-order chi connectivity index (χ1) is 12.2. The van der Waals surface area contributed by atoms with E-state index in [4.69, 9.17) is 23.2 Å². The highest BCUT2D eigenvalue weighted by Crippen LogP contribution is 2.31. The standard InChI is InChI=1S/C18H18Cl2N2O3S/c1-10-3-4-13(7-11(10)2)21-18(23)14-8-17(16(20)9-15(14)19)26(24,25)22-12-5-6-12/h3-4,7-9,12,22H,5-6H2,1-2H3,(H,21,23). The average Bonchev–Trinajstić information content (AvgIpc) is 3.33. The van der Waals surface area contributed by atoms with Crippen LogP contribution >= 0.6 is 23.2 Å². The molecule has 2 N–H and O–H groups in total. The lowest BCUT2D eigenvalue weighted by atomic mass is 10.1. The van der Waals surface area contributed by atoms with E-state index < -0.39 is 15.9 Å². The largest absolute Gasteiger partial charge is 0.322 e. The minimum atomic E-state index is -3.81. The maximum absolute atomic E-state index is 12.6. The van der Waals surface area contributed by atoms with E-state index in [2.05, 4.69) is 10.0 Å². The normalized spacial score (nSPS) is 14.3. The van der Waals surface area contributed by atoms with E-state index in [1.807, 2.05) is 26.0 Å². The van der Waals surface area contributed by atoms with Crippen LogP contribution < -0.4 is 10.0 Å². The second-order valence-electron chi connectivity index (χ2n) is 6.41. The number of benzene rings is 2. The molecule has 1 aliphatic rings. The van der Waals surface area contributed by atoms with Gasteiger partial charge in [-0.15, -0.1) is 0 Å². The van der Waals surface area contributed by atoms with Crippen LogP contribution in [0.25, 0.3) is 0 Å². The van der Waals surface area contributed by atoms with E-state index in [-0.39, 0.29) is 26.5 Å². The summed E-state index contributed by atoms with van der Waals surface area (Å²) in [6, 6.07) is 7.93. The molecular weight excluding hydrogens is 395 g/mol. The first kappa shape index (κ1) is 19.2. The van der Waals surface area contributed by atoms with Gasteiger partial charge in [-0.3, -0.25) is 4.79 Å². The van der Waals surface area contributed by atoms with Gasteiger partial charge in [-0.2, -0.15) is 0 Å². The fourth-order valence-electron chi connectivity index (χ4n) is 2.41. The number of halogens is 2. The zero-order valence-electron chi connectivity index (χ0n) is 14.3. The number of hydrogen-bond donors (Lipinski definition) is 2. The molecule has 0 radical (unpaired) electrons. The summed E-state index contributed by atoms with van der Waals surface area (Å²) >= 11 is 12.2. The van der Waals surface area contributed by atoms with Crippen LogP contribution in [0.2, 0.25) is 10.0 Å². The molecule has 0 atom stereocenters. The second kappa shape index (κ2) is 7.19. The van der Waals surface area contributed by atoms with Gasteiger partial charge in [-0.1, -0.05) is 29.3 Å². The van der Waals surface area contributed by atoms with Gasteiger partial charge in [0.2, 0.25) is 10.0 Å². The number of anilines is 1. The number of sulfonamides is 1. The van der Waals surface area contributed by atoms with Gasteiger partial charge in [0.25, 0.3) is 5.91 Å². The van der Waals surface area contributed by atoms with Crippen molar-refractivity contribution in [2.75, 3.05) is 5.32 Å². The summed E-state index contributed by atoms with van der Waals surface area (Å²) in [5, 5.41) is 2.80. The summed E-state index contributed by atoms with van der Waals surface area (Å²) in [4.78, 5) is 12.5. The Bertz CT molecular complexity index is 986. The van der Waals surface area contributed by atoms with Crippen LogP contribution in [0, 0.1) is 13.8 Å². The predicted octanol–water partition coefficient (Wildman–Crippen LogP) is 4.30. The van der Waals surface area contributed by atoms with Gasteiger partial charge < -0.3 is 5.32 Å². The first-order valence-corrected chi connectivity index (χ1v) is 10.3. The summed E-state index contributed by atoms with van der Waals surface area (Å²) in [5.41, 5.74) is 2.78. The molecular formula is C18H18Cl2N2O3S. The van der Waals surface area contributed by atoms with Gasteiger partial charge in [-0.05, 0) is 62.1 Å². The van der Waals surface area contributed by atoms with E-state index in [1.165, 1.54) is 12.1 Å². The monoisotopic (exact) mass is 412 g/mol. The van der Waals surface area contributed by atoms with Crippen LogP contribution in [0.15, 0.2) is 35.2 Å². The van der Waals surface area contributed by atoms with E-state index in [9.17, 15) is 13.2 Å². The van der Waals surface area contributed by atoms with Crippen LogP contribution in [-0.2, 0) is 10.0 Å². The molecule has 0 aromatic heterocycles. The van der Waals surface area contributed by atoms with Gasteiger partial charge in [0.05, 0.1) is 15.6 Å². The van der Waals surface area contributed by atoms with Crippen LogP contribution in [0.3, 0.4) is 0 Å². The van der Waals surface area contributed by atoms with E-state index in [1.54, 1.807) is 6.07 Å². The highest BCUT2D eigenvalue weighted by Gasteiger charge is 2.30. The Labute approximate surface area is 162 Å². The van der Waals surface area contributed by atoms with E-state index >= 15 is 0 Å². The number of carbonyl (C=O) groups is 1. The molecule has 0 heterocycles. The Balaban J connectivity index is 1.92. The molecule has 26 heavy (non-hydrogen) atoms. The molecule has 0 saturated heterocycles. The van der Waals surface area contributed by atoms with Crippen molar-refractivity contribution in [3.8, 4) is 0 Å². The molecule has 0 bridgehead atoms. The lowest BCUT2D eigenvalue weighted by Crippen LogP contribution is -2.26. The lowest BCUT2D eigenvalue weighted by molar-refractivity contribution is 0.102. The SMILES string of the molecule is Cc1ccc(NC(=O)c2cc(S(=O)(=O)NC3CC3)c(Cl)cc2Cl)cc1C. The van der Waals surface area contributed by atoms with Gasteiger partial charge in [0.1, 0.15) is 4.90 Å². The number of nitrogens with one attached hydrogen (secondary N) is 2. The molecule has 5 nitrogen and oxygen atoms in total. The molecule has 1 fully saturated rings. The molecule has 2 aromatic carbocycles. The fourth-order valence-corrected chi connectivity index (χ4v) is 4.57. The summed E-state index contributed by atoms with van der Waals surface area (Å²) in [6.45, 7) is 3.91. The average molecular weight is 413 g/mol. The maximum atomic E-state index is 12.6. The minimum Gasteiger partial charge on any atom is -0.322 e. The van der Waals surface area contributed by atoms with Crippen molar-refractivity contribution in [2.24, 2.45) is 0 Å². The number of aryl methyl sites for hydroxylation is 2. The first-order valence-electron chi connectivity index (χ1n) is 8.07. The van der Waals surface area contributed by atoms with Crippen molar-refractivity contribution in [3.05, 3.63) is 57.1 Å². The van der Waals surface area contributed by atoms with Gasteiger partial charge >= 0.3 is 0 Å². The van der Waals surface area contributed by atoms with Crippen LogP contribution in [0.1, 0.15) is 34.3 Å². The molecule has 2 aromatic rings. The Morgan fingerprint density at radius 1 is 1.04 bits per heavy atom. The molecule has 1 saturated carbocycles. The predicted molar refractivity (Wildman–Crippen MR) is 104 cm³/mol.